The number of likely N-dealkylation sites (tertiary alicyclic amines) is 1. The van der Waals surface area contributed by atoms with Gasteiger partial charge in [0, 0.05) is 36.8 Å². The number of thiophene rings is 1. The minimum atomic E-state index is -0.957. The Morgan fingerprint density at radius 3 is 2.83 bits per heavy atom. The maximum absolute atomic E-state index is 12.1. The molecule has 0 atom stereocenters. The van der Waals surface area contributed by atoms with Crippen LogP contribution >= 0.6 is 11.3 Å². The van der Waals surface area contributed by atoms with Gasteiger partial charge in [0.1, 0.15) is 5.60 Å². The van der Waals surface area contributed by atoms with Crippen LogP contribution in [-0.4, -0.2) is 39.6 Å². The molecule has 0 bridgehead atoms. The Kier molecular flexibility index (Phi) is 8.03. The van der Waals surface area contributed by atoms with Gasteiger partial charge in [-0.1, -0.05) is 17.9 Å². The minimum Gasteiger partial charge on any atom is -0.378 e. The van der Waals surface area contributed by atoms with Crippen molar-refractivity contribution in [3.05, 3.63) is 52.0 Å². The summed E-state index contributed by atoms with van der Waals surface area (Å²) in [5.41, 5.74) is 0.0729. The Bertz CT molecular complexity index is 869. The molecule has 1 aliphatic rings. The summed E-state index contributed by atoms with van der Waals surface area (Å²) in [6, 6.07) is 8.03. The number of rotatable bonds is 7. The topological polar surface area (TPSA) is 65.5 Å². The molecule has 1 fully saturated rings. The zero-order valence-electron chi connectivity index (χ0n) is 17.9. The Hall–Kier alpha value is -2.20. The van der Waals surface area contributed by atoms with E-state index in [1.165, 1.54) is 4.88 Å². The molecule has 160 valence electrons. The predicted octanol–water partition coefficient (Wildman–Crippen LogP) is 3.57. The summed E-state index contributed by atoms with van der Waals surface area (Å²) in [6.45, 7) is 7.04. The first-order valence-electron chi connectivity index (χ1n) is 10.6. The average molecular weight is 426 g/mol. The highest BCUT2D eigenvalue weighted by molar-refractivity contribution is 7.12. The molecule has 0 spiro atoms. The number of hydrogen-bond acceptors (Lipinski definition) is 5. The molecule has 0 saturated carbocycles. The molecule has 1 amide bonds. The van der Waals surface area contributed by atoms with E-state index in [1.807, 2.05) is 18.2 Å². The van der Waals surface area contributed by atoms with Gasteiger partial charge in [-0.15, -0.1) is 11.3 Å². The van der Waals surface area contributed by atoms with Crippen molar-refractivity contribution in [3.63, 3.8) is 0 Å². The van der Waals surface area contributed by atoms with E-state index in [4.69, 9.17) is 0 Å². The van der Waals surface area contributed by atoms with Crippen LogP contribution in [-0.2, 0) is 17.9 Å². The molecule has 2 aromatic heterocycles. The van der Waals surface area contributed by atoms with Crippen LogP contribution in [0, 0.1) is 17.8 Å². The van der Waals surface area contributed by atoms with E-state index < -0.39 is 5.60 Å². The highest BCUT2D eigenvalue weighted by Crippen LogP contribution is 2.25. The first kappa shape index (κ1) is 22.5. The quantitative estimate of drug-likeness (QED) is 0.666. The van der Waals surface area contributed by atoms with Gasteiger partial charge in [0.15, 0.2) is 0 Å². The third-order valence-corrected chi connectivity index (χ3v) is 6.22. The SMILES string of the molecule is CC(C)(O)C#Cc1ccc(CN2CCC(CCC(=O)NCc3cccnc3)CC2)s1. The zero-order valence-corrected chi connectivity index (χ0v) is 18.7. The predicted molar refractivity (Wildman–Crippen MR) is 121 cm³/mol. The third kappa shape index (κ3) is 7.91. The van der Waals surface area contributed by atoms with Gasteiger partial charge in [-0.2, -0.15) is 0 Å². The Balaban J connectivity index is 1.34. The Labute approximate surface area is 183 Å². The molecule has 6 heteroatoms. The number of aromatic nitrogens is 1. The van der Waals surface area contributed by atoms with Crippen molar-refractivity contribution < 1.29 is 9.90 Å². The molecule has 0 aliphatic carbocycles. The lowest BCUT2D eigenvalue weighted by Gasteiger charge is -2.31. The minimum absolute atomic E-state index is 0.125. The summed E-state index contributed by atoms with van der Waals surface area (Å²) in [6.07, 6.45) is 7.37. The van der Waals surface area contributed by atoms with E-state index in [2.05, 4.69) is 33.1 Å². The second kappa shape index (κ2) is 10.7. The largest absolute Gasteiger partial charge is 0.378 e. The van der Waals surface area contributed by atoms with Gasteiger partial charge < -0.3 is 10.4 Å². The zero-order chi connectivity index (χ0) is 21.4. The molecule has 30 heavy (non-hydrogen) atoms. The van der Waals surface area contributed by atoms with Crippen LogP contribution < -0.4 is 5.32 Å². The molecule has 0 unspecified atom stereocenters. The van der Waals surface area contributed by atoms with E-state index in [1.54, 1.807) is 37.6 Å². The maximum atomic E-state index is 12.1. The number of pyridine rings is 1. The van der Waals surface area contributed by atoms with Gasteiger partial charge in [0.25, 0.3) is 0 Å². The van der Waals surface area contributed by atoms with Crippen molar-refractivity contribution in [3.8, 4) is 11.8 Å². The molecule has 3 heterocycles. The number of nitrogens with zero attached hydrogens (tertiary/aromatic N) is 2. The van der Waals surface area contributed by atoms with Crippen molar-refractivity contribution in [2.24, 2.45) is 5.92 Å². The van der Waals surface area contributed by atoms with Crippen LogP contribution in [0.2, 0.25) is 0 Å². The van der Waals surface area contributed by atoms with Crippen LogP contribution in [0.1, 0.15) is 54.8 Å². The van der Waals surface area contributed by atoms with Crippen LogP contribution in [0.5, 0.6) is 0 Å². The van der Waals surface area contributed by atoms with Crippen molar-refractivity contribution in [1.29, 1.82) is 0 Å². The van der Waals surface area contributed by atoms with Crippen molar-refractivity contribution in [2.75, 3.05) is 13.1 Å². The second-order valence-corrected chi connectivity index (χ2v) is 9.64. The summed E-state index contributed by atoms with van der Waals surface area (Å²) in [4.78, 5) is 21.0. The van der Waals surface area contributed by atoms with E-state index >= 15 is 0 Å². The van der Waals surface area contributed by atoms with Gasteiger partial charge in [-0.3, -0.25) is 14.7 Å². The molecule has 0 radical (unpaired) electrons. The lowest BCUT2D eigenvalue weighted by atomic mass is 9.92. The molecule has 0 aromatic carbocycles. The van der Waals surface area contributed by atoms with Gasteiger partial charge >= 0.3 is 0 Å². The number of aliphatic hydroxyl groups is 1. The second-order valence-electron chi connectivity index (χ2n) is 8.47. The molecule has 3 rings (SSSR count). The lowest BCUT2D eigenvalue weighted by Crippen LogP contribution is -2.33. The smallest absolute Gasteiger partial charge is 0.220 e. The van der Waals surface area contributed by atoms with Gasteiger partial charge in [0.2, 0.25) is 5.91 Å². The molecule has 2 aromatic rings. The van der Waals surface area contributed by atoms with Crippen LogP contribution in [0.3, 0.4) is 0 Å². The normalized spacial score (nSPS) is 15.4. The number of carbonyl (C=O) groups excluding carboxylic acids is 1. The van der Waals surface area contributed by atoms with E-state index in [0.717, 1.165) is 49.3 Å². The number of nitrogens with one attached hydrogen (secondary N) is 1. The fourth-order valence-electron chi connectivity index (χ4n) is 3.53. The fraction of sp³-hybridized carbons (Fsp3) is 0.500. The molecular weight excluding hydrogens is 394 g/mol. The number of piperidine rings is 1. The van der Waals surface area contributed by atoms with E-state index in [-0.39, 0.29) is 5.91 Å². The van der Waals surface area contributed by atoms with Crippen LogP contribution in [0.15, 0.2) is 36.7 Å². The first-order chi connectivity index (χ1) is 14.4. The standard InChI is InChI=1S/C24H31N3O2S/c1-24(2,29)12-9-21-6-7-22(30-21)18-27-14-10-19(11-15-27)5-8-23(28)26-17-20-4-3-13-25-16-20/h3-4,6-7,13,16,19,29H,5,8,10-11,14-15,17-18H2,1-2H3,(H,26,28). The van der Waals surface area contributed by atoms with Crippen LogP contribution in [0.4, 0.5) is 0 Å². The summed E-state index contributed by atoms with van der Waals surface area (Å²) in [5, 5.41) is 12.7. The lowest BCUT2D eigenvalue weighted by molar-refractivity contribution is -0.121. The number of amides is 1. The van der Waals surface area contributed by atoms with Crippen molar-refractivity contribution in [1.82, 2.24) is 15.2 Å². The highest BCUT2D eigenvalue weighted by atomic mass is 32.1. The Morgan fingerprint density at radius 1 is 1.33 bits per heavy atom. The summed E-state index contributed by atoms with van der Waals surface area (Å²) in [7, 11) is 0. The fourth-order valence-corrected chi connectivity index (χ4v) is 4.43. The summed E-state index contributed by atoms with van der Waals surface area (Å²) < 4.78 is 0. The third-order valence-electron chi connectivity index (χ3n) is 5.23. The van der Waals surface area contributed by atoms with Crippen LogP contribution in [0.25, 0.3) is 0 Å². The first-order valence-corrected chi connectivity index (χ1v) is 11.4. The molecule has 2 N–H and O–H groups in total. The highest BCUT2D eigenvalue weighted by Gasteiger charge is 2.20. The molecule has 1 saturated heterocycles. The monoisotopic (exact) mass is 425 g/mol. The summed E-state index contributed by atoms with van der Waals surface area (Å²) in [5.74, 6) is 6.68. The van der Waals surface area contributed by atoms with Gasteiger partial charge in [-0.25, -0.2) is 0 Å². The van der Waals surface area contributed by atoms with E-state index in [9.17, 15) is 9.90 Å². The number of hydrogen-bond donors (Lipinski definition) is 2. The number of carbonyl (C=O) groups is 1. The van der Waals surface area contributed by atoms with Gasteiger partial charge in [-0.05, 0) is 75.9 Å². The van der Waals surface area contributed by atoms with Crippen molar-refractivity contribution >= 4 is 17.2 Å². The van der Waals surface area contributed by atoms with E-state index in [0.29, 0.717) is 18.9 Å². The average Bonchev–Trinajstić information content (AvgIpc) is 3.18. The molecule has 5 nitrogen and oxygen atoms in total. The van der Waals surface area contributed by atoms with Gasteiger partial charge in [0.05, 0.1) is 4.88 Å². The maximum Gasteiger partial charge on any atom is 0.220 e. The summed E-state index contributed by atoms with van der Waals surface area (Å²) >= 11 is 1.70. The Morgan fingerprint density at radius 2 is 2.13 bits per heavy atom. The molecule has 1 aliphatic heterocycles. The van der Waals surface area contributed by atoms with Crippen molar-refractivity contribution in [2.45, 2.75) is 58.2 Å². The molecular formula is C24H31N3O2S.